The Morgan fingerprint density at radius 3 is 2.61 bits per heavy atom. The predicted octanol–water partition coefficient (Wildman–Crippen LogP) is 3.09. The van der Waals surface area contributed by atoms with E-state index < -0.39 is 0 Å². The Morgan fingerprint density at radius 1 is 1.10 bits per heavy atom. The van der Waals surface area contributed by atoms with Gasteiger partial charge in [0.05, 0.1) is 17.8 Å². The molecule has 0 aliphatic rings. The van der Waals surface area contributed by atoms with Crippen molar-refractivity contribution in [2.45, 2.75) is 19.1 Å². The molecule has 0 aliphatic carbocycles. The Balaban J connectivity index is 1.61. The average Bonchev–Trinajstić information content (AvgIpc) is 3.22. The molecule has 158 valence electrons. The largest absolute Gasteiger partial charge is 0.484 e. The average molecular weight is 417 g/mol. The normalized spacial score (nSPS) is 13.0. The number of carbonyl (C=O) groups excluding carboxylic acids is 1. The summed E-state index contributed by atoms with van der Waals surface area (Å²) in [4.78, 5) is 20.6. The summed E-state index contributed by atoms with van der Waals surface area (Å²) in [7, 11) is 1.49. The van der Waals surface area contributed by atoms with Crippen molar-refractivity contribution in [2.75, 3.05) is 13.7 Å². The maximum absolute atomic E-state index is 12.0. The predicted molar refractivity (Wildman–Crippen MR) is 116 cm³/mol. The van der Waals surface area contributed by atoms with Gasteiger partial charge >= 0.3 is 0 Å². The number of aromatic nitrogens is 4. The third-order valence-electron chi connectivity index (χ3n) is 4.79. The fourth-order valence-electron chi connectivity index (χ4n) is 3.39. The molecule has 8 nitrogen and oxygen atoms in total. The molecular formula is C23H23N5O3. The quantitative estimate of drug-likeness (QED) is 0.474. The van der Waals surface area contributed by atoms with Gasteiger partial charge in [0.2, 0.25) is 5.91 Å². The Labute approximate surface area is 179 Å². The van der Waals surface area contributed by atoms with Crippen molar-refractivity contribution in [3.8, 4) is 11.7 Å². The van der Waals surface area contributed by atoms with Gasteiger partial charge in [0.15, 0.2) is 0 Å². The van der Waals surface area contributed by atoms with Gasteiger partial charge < -0.3 is 14.8 Å². The van der Waals surface area contributed by atoms with Crippen LogP contribution >= 0.6 is 0 Å². The molecule has 0 radical (unpaired) electrons. The number of fused-ring (bicyclic) bond motifs is 1. The molecule has 0 unspecified atom stereocenters. The zero-order valence-electron chi connectivity index (χ0n) is 17.3. The third kappa shape index (κ3) is 4.70. The lowest BCUT2D eigenvalue weighted by atomic mass is 10.0. The fourth-order valence-corrected chi connectivity index (χ4v) is 3.39. The number of rotatable bonds is 8. The Kier molecular flexibility index (Phi) is 6.18. The fraction of sp³-hybridized carbons (Fsp3) is 0.217. The van der Waals surface area contributed by atoms with Crippen molar-refractivity contribution < 1.29 is 14.3 Å². The first kappa shape index (κ1) is 20.5. The van der Waals surface area contributed by atoms with E-state index in [-0.39, 0.29) is 24.7 Å². The molecule has 4 aromatic rings. The lowest BCUT2D eigenvalue weighted by Crippen LogP contribution is -2.40. The number of carbonyl (C=O) groups is 1. The highest BCUT2D eigenvalue weighted by Crippen LogP contribution is 2.28. The highest BCUT2D eigenvalue weighted by molar-refractivity contribution is 5.81. The van der Waals surface area contributed by atoms with Crippen molar-refractivity contribution in [1.29, 1.82) is 0 Å². The van der Waals surface area contributed by atoms with Crippen LogP contribution in [0.1, 0.15) is 18.6 Å². The van der Waals surface area contributed by atoms with E-state index >= 15 is 0 Å². The van der Waals surface area contributed by atoms with E-state index in [0.717, 1.165) is 16.5 Å². The first-order valence-corrected chi connectivity index (χ1v) is 9.91. The summed E-state index contributed by atoms with van der Waals surface area (Å²) in [5, 5.41) is 8.24. The van der Waals surface area contributed by atoms with E-state index in [1.54, 1.807) is 29.3 Å². The Bertz CT molecular complexity index is 1150. The van der Waals surface area contributed by atoms with Gasteiger partial charge in [-0.3, -0.25) is 4.79 Å². The minimum atomic E-state index is -0.382. The van der Waals surface area contributed by atoms with Crippen LogP contribution in [0.5, 0.6) is 5.75 Å². The molecule has 0 saturated carbocycles. The molecule has 0 aliphatic heterocycles. The van der Waals surface area contributed by atoms with Gasteiger partial charge in [0.1, 0.15) is 18.5 Å². The van der Waals surface area contributed by atoms with Crippen LogP contribution < -0.4 is 10.1 Å². The number of hydrogen-bond acceptors (Lipinski definition) is 6. The number of benzene rings is 2. The van der Waals surface area contributed by atoms with E-state index in [1.807, 2.05) is 55.5 Å². The van der Waals surface area contributed by atoms with E-state index in [0.29, 0.717) is 11.7 Å². The summed E-state index contributed by atoms with van der Waals surface area (Å²) in [5.74, 6) is 0.977. The van der Waals surface area contributed by atoms with Gasteiger partial charge in [-0.25, -0.2) is 9.97 Å². The van der Waals surface area contributed by atoms with Crippen molar-refractivity contribution in [2.24, 2.45) is 0 Å². The Hall–Kier alpha value is -3.78. The van der Waals surface area contributed by atoms with Crippen molar-refractivity contribution in [1.82, 2.24) is 25.1 Å². The summed E-state index contributed by atoms with van der Waals surface area (Å²) >= 11 is 0. The summed E-state index contributed by atoms with van der Waals surface area (Å²) in [6, 6.07) is 17.0. The van der Waals surface area contributed by atoms with Crippen molar-refractivity contribution in [3.05, 3.63) is 78.8 Å². The van der Waals surface area contributed by atoms with E-state index in [4.69, 9.17) is 9.47 Å². The lowest BCUT2D eigenvalue weighted by molar-refractivity contribution is -0.126. The molecule has 0 spiro atoms. The standard InChI is InChI=1S/C23H23N5O3/c1-16(27-21(29)15-30-2)22(17-7-4-3-5-8-17)31-19-9-10-20-18(13-19)14-26-28(20)23-24-11-6-12-25-23/h3-14,16,22H,15H2,1-2H3,(H,27,29)/t16-,22+/m0/s1. The summed E-state index contributed by atoms with van der Waals surface area (Å²) in [6.45, 7) is 1.91. The van der Waals surface area contributed by atoms with E-state index in [2.05, 4.69) is 20.4 Å². The van der Waals surface area contributed by atoms with Crippen LogP contribution in [0, 0.1) is 0 Å². The molecule has 31 heavy (non-hydrogen) atoms. The lowest BCUT2D eigenvalue weighted by Gasteiger charge is -2.26. The molecule has 4 rings (SSSR count). The van der Waals surface area contributed by atoms with Crippen LogP contribution in [-0.2, 0) is 9.53 Å². The molecule has 2 atom stereocenters. The second-order valence-corrected chi connectivity index (χ2v) is 7.06. The molecule has 8 heteroatoms. The van der Waals surface area contributed by atoms with Crippen LogP contribution in [0.25, 0.3) is 16.9 Å². The van der Waals surface area contributed by atoms with Crippen LogP contribution in [0.3, 0.4) is 0 Å². The smallest absolute Gasteiger partial charge is 0.251 e. The third-order valence-corrected chi connectivity index (χ3v) is 4.79. The summed E-state index contributed by atoms with van der Waals surface area (Å²) in [5.41, 5.74) is 1.83. The topological polar surface area (TPSA) is 91.2 Å². The number of nitrogens with zero attached hydrogens (tertiary/aromatic N) is 4. The second kappa shape index (κ2) is 9.36. The highest BCUT2D eigenvalue weighted by atomic mass is 16.5. The maximum Gasteiger partial charge on any atom is 0.251 e. The van der Waals surface area contributed by atoms with Gasteiger partial charge in [-0.1, -0.05) is 30.3 Å². The zero-order chi connectivity index (χ0) is 21.6. The number of methoxy groups -OCH3 is 1. The molecule has 2 aromatic carbocycles. The summed E-state index contributed by atoms with van der Waals surface area (Å²) in [6.07, 6.45) is 4.72. The molecule has 0 saturated heterocycles. The molecule has 0 bridgehead atoms. The van der Waals surface area contributed by atoms with Crippen LogP contribution in [0.15, 0.2) is 73.2 Å². The molecular weight excluding hydrogens is 394 g/mol. The SMILES string of the molecule is COCC(=O)N[C@@H](C)[C@@H](Oc1ccc2c(cnn2-c2ncccn2)c1)c1ccccc1. The van der Waals surface area contributed by atoms with E-state index in [1.165, 1.54) is 7.11 Å². The maximum atomic E-state index is 12.0. The summed E-state index contributed by atoms with van der Waals surface area (Å²) < 4.78 is 12.9. The first-order chi connectivity index (χ1) is 15.2. The van der Waals surface area contributed by atoms with Gasteiger partial charge in [-0.05, 0) is 36.8 Å². The van der Waals surface area contributed by atoms with Gasteiger partial charge in [0.25, 0.3) is 5.95 Å². The molecule has 1 N–H and O–H groups in total. The minimum Gasteiger partial charge on any atom is -0.484 e. The number of nitrogens with one attached hydrogen (secondary N) is 1. The zero-order valence-corrected chi connectivity index (χ0v) is 17.3. The monoisotopic (exact) mass is 417 g/mol. The molecule has 1 amide bonds. The van der Waals surface area contributed by atoms with Gasteiger partial charge in [0, 0.05) is 24.9 Å². The molecule has 0 fully saturated rings. The van der Waals surface area contributed by atoms with E-state index in [9.17, 15) is 4.79 Å². The number of ether oxygens (including phenoxy) is 2. The Morgan fingerprint density at radius 2 is 1.87 bits per heavy atom. The molecule has 2 heterocycles. The van der Waals surface area contributed by atoms with Crippen LogP contribution in [-0.4, -0.2) is 45.4 Å². The van der Waals surface area contributed by atoms with Gasteiger partial charge in [-0.2, -0.15) is 9.78 Å². The van der Waals surface area contributed by atoms with Crippen LogP contribution in [0.4, 0.5) is 0 Å². The number of hydrogen-bond donors (Lipinski definition) is 1. The van der Waals surface area contributed by atoms with Crippen LogP contribution in [0.2, 0.25) is 0 Å². The molecule has 2 aromatic heterocycles. The second-order valence-electron chi connectivity index (χ2n) is 7.06. The van der Waals surface area contributed by atoms with Crippen molar-refractivity contribution in [3.63, 3.8) is 0 Å². The van der Waals surface area contributed by atoms with Crippen molar-refractivity contribution >= 4 is 16.8 Å². The highest BCUT2D eigenvalue weighted by Gasteiger charge is 2.23. The minimum absolute atomic E-state index is 0.00144. The first-order valence-electron chi connectivity index (χ1n) is 9.91. The number of amides is 1. The van der Waals surface area contributed by atoms with Gasteiger partial charge in [-0.15, -0.1) is 0 Å².